The Balaban J connectivity index is 1.67. The molecule has 0 aliphatic carbocycles. The van der Waals surface area contributed by atoms with E-state index in [4.69, 9.17) is 14.2 Å². The Kier molecular flexibility index (Phi) is 8.49. The van der Waals surface area contributed by atoms with Crippen LogP contribution in [0.5, 0.6) is 0 Å². The highest BCUT2D eigenvalue weighted by atomic mass is 16.7. The number of amides is 2. The largest absolute Gasteiger partial charge is 0.382 e. The van der Waals surface area contributed by atoms with Crippen LogP contribution in [0.3, 0.4) is 0 Å². The summed E-state index contributed by atoms with van der Waals surface area (Å²) in [6.07, 6.45) is 2.18. The summed E-state index contributed by atoms with van der Waals surface area (Å²) in [5.41, 5.74) is 2.41. The highest BCUT2D eigenvalue weighted by Gasteiger charge is 2.37. The molecular formula is C23H30N2O4. The standard InChI is InChI=1S/C23H30N2O4/c1-27-14-15-28-17-29-22-20(13-12-18-8-4-2-5-9-18)24-23(26)25-21(22)16-19-10-6-3-7-11-19/h2-11,20-22H,12-17H2,1H3,(H2,24,25,26). The Morgan fingerprint density at radius 3 is 2.21 bits per heavy atom. The van der Waals surface area contributed by atoms with E-state index in [1.54, 1.807) is 7.11 Å². The molecule has 2 aromatic carbocycles. The molecule has 156 valence electrons. The van der Waals surface area contributed by atoms with Gasteiger partial charge in [0.05, 0.1) is 25.3 Å². The number of carbonyl (C=O) groups excluding carboxylic acids is 1. The summed E-state index contributed by atoms with van der Waals surface area (Å²) < 4.78 is 16.6. The smallest absolute Gasteiger partial charge is 0.315 e. The average molecular weight is 399 g/mol. The van der Waals surface area contributed by atoms with Gasteiger partial charge in [-0.25, -0.2) is 4.79 Å². The van der Waals surface area contributed by atoms with Crippen LogP contribution in [-0.4, -0.2) is 51.3 Å². The van der Waals surface area contributed by atoms with Gasteiger partial charge in [0.1, 0.15) is 12.9 Å². The zero-order chi connectivity index (χ0) is 20.3. The number of carbonyl (C=O) groups is 1. The molecule has 6 nitrogen and oxygen atoms in total. The lowest BCUT2D eigenvalue weighted by atomic mass is 9.91. The molecule has 1 fully saturated rings. The van der Waals surface area contributed by atoms with Crippen LogP contribution in [-0.2, 0) is 27.1 Å². The molecule has 3 unspecified atom stereocenters. The van der Waals surface area contributed by atoms with Crippen LogP contribution in [0.2, 0.25) is 0 Å². The third kappa shape index (κ3) is 6.85. The maximum absolute atomic E-state index is 12.3. The average Bonchev–Trinajstić information content (AvgIpc) is 2.75. The molecule has 0 saturated carbocycles. The van der Waals surface area contributed by atoms with Crippen LogP contribution >= 0.6 is 0 Å². The summed E-state index contributed by atoms with van der Waals surface area (Å²) in [4.78, 5) is 12.3. The van der Waals surface area contributed by atoms with Crippen molar-refractivity contribution in [3.05, 3.63) is 71.8 Å². The normalized spacial score (nSPS) is 21.4. The number of nitrogens with one attached hydrogen (secondary N) is 2. The van der Waals surface area contributed by atoms with Gasteiger partial charge in [0, 0.05) is 7.11 Å². The highest BCUT2D eigenvalue weighted by Crippen LogP contribution is 2.19. The summed E-state index contributed by atoms with van der Waals surface area (Å²) in [7, 11) is 1.64. The van der Waals surface area contributed by atoms with Gasteiger partial charge in [0.15, 0.2) is 0 Å². The molecule has 1 aliphatic heterocycles. The quantitative estimate of drug-likeness (QED) is 0.451. The molecule has 2 aromatic rings. The monoisotopic (exact) mass is 398 g/mol. The first kappa shape index (κ1) is 21.3. The van der Waals surface area contributed by atoms with Gasteiger partial charge in [-0.15, -0.1) is 0 Å². The van der Waals surface area contributed by atoms with E-state index >= 15 is 0 Å². The lowest BCUT2D eigenvalue weighted by Gasteiger charge is -2.39. The molecule has 0 spiro atoms. The van der Waals surface area contributed by atoms with Gasteiger partial charge in [0.25, 0.3) is 0 Å². The predicted molar refractivity (Wildman–Crippen MR) is 112 cm³/mol. The van der Waals surface area contributed by atoms with Crippen molar-refractivity contribution in [1.82, 2.24) is 10.6 Å². The zero-order valence-corrected chi connectivity index (χ0v) is 16.9. The lowest BCUT2D eigenvalue weighted by molar-refractivity contribution is -0.118. The first-order valence-electron chi connectivity index (χ1n) is 10.1. The maximum atomic E-state index is 12.3. The molecule has 29 heavy (non-hydrogen) atoms. The molecule has 0 radical (unpaired) electrons. The number of hydrogen-bond acceptors (Lipinski definition) is 4. The van der Waals surface area contributed by atoms with Crippen molar-refractivity contribution < 1.29 is 19.0 Å². The first-order chi connectivity index (χ1) is 14.3. The van der Waals surface area contributed by atoms with Crippen molar-refractivity contribution in [2.24, 2.45) is 0 Å². The van der Waals surface area contributed by atoms with Crippen LogP contribution in [0.25, 0.3) is 0 Å². The summed E-state index contributed by atoms with van der Waals surface area (Å²) in [5, 5.41) is 6.09. The first-order valence-corrected chi connectivity index (χ1v) is 10.1. The van der Waals surface area contributed by atoms with Gasteiger partial charge in [-0.1, -0.05) is 60.7 Å². The molecule has 6 heteroatoms. The van der Waals surface area contributed by atoms with Crippen molar-refractivity contribution in [1.29, 1.82) is 0 Å². The van der Waals surface area contributed by atoms with Crippen molar-refractivity contribution in [3.63, 3.8) is 0 Å². The zero-order valence-electron chi connectivity index (χ0n) is 16.9. The number of ether oxygens (including phenoxy) is 3. The van der Waals surface area contributed by atoms with Crippen LogP contribution in [0.15, 0.2) is 60.7 Å². The summed E-state index contributed by atoms with van der Waals surface area (Å²) >= 11 is 0. The molecule has 3 atom stereocenters. The van der Waals surface area contributed by atoms with Crippen molar-refractivity contribution in [3.8, 4) is 0 Å². The van der Waals surface area contributed by atoms with Gasteiger partial charge < -0.3 is 24.8 Å². The second-order valence-corrected chi connectivity index (χ2v) is 7.19. The Hall–Kier alpha value is -2.41. The molecule has 2 amide bonds. The number of benzene rings is 2. The fraction of sp³-hybridized carbons (Fsp3) is 0.435. The lowest BCUT2D eigenvalue weighted by Crippen LogP contribution is -2.64. The van der Waals surface area contributed by atoms with E-state index in [0.29, 0.717) is 19.6 Å². The van der Waals surface area contributed by atoms with Gasteiger partial charge in [-0.05, 0) is 30.4 Å². The maximum Gasteiger partial charge on any atom is 0.315 e. The molecule has 3 rings (SSSR count). The Morgan fingerprint density at radius 2 is 1.52 bits per heavy atom. The van der Waals surface area contributed by atoms with E-state index in [1.807, 2.05) is 36.4 Å². The summed E-state index contributed by atoms with van der Waals surface area (Å²) in [6.45, 7) is 1.16. The van der Waals surface area contributed by atoms with Crippen LogP contribution in [0.1, 0.15) is 17.5 Å². The second-order valence-electron chi connectivity index (χ2n) is 7.19. The third-order valence-corrected chi connectivity index (χ3v) is 5.09. The Bertz CT molecular complexity index is 726. The molecular weight excluding hydrogens is 368 g/mol. The summed E-state index contributed by atoms with van der Waals surface area (Å²) in [6, 6.07) is 20.1. The van der Waals surface area contributed by atoms with Crippen molar-refractivity contribution >= 4 is 6.03 Å². The highest BCUT2D eigenvalue weighted by molar-refractivity contribution is 5.76. The van der Waals surface area contributed by atoms with Gasteiger partial charge >= 0.3 is 6.03 Å². The van der Waals surface area contributed by atoms with Crippen LogP contribution in [0, 0.1) is 0 Å². The second kappa shape index (κ2) is 11.6. The molecule has 2 N–H and O–H groups in total. The minimum atomic E-state index is -0.195. The number of methoxy groups -OCH3 is 1. The van der Waals surface area contributed by atoms with Gasteiger partial charge in [-0.2, -0.15) is 0 Å². The number of aryl methyl sites for hydroxylation is 1. The number of rotatable bonds is 11. The topological polar surface area (TPSA) is 68.8 Å². The van der Waals surface area contributed by atoms with E-state index in [-0.39, 0.29) is 31.0 Å². The van der Waals surface area contributed by atoms with E-state index < -0.39 is 0 Å². The van der Waals surface area contributed by atoms with Crippen LogP contribution in [0.4, 0.5) is 4.79 Å². The molecule has 1 aliphatic rings. The number of hydrogen-bond donors (Lipinski definition) is 2. The molecule has 0 aromatic heterocycles. The fourth-order valence-corrected chi connectivity index (χ4v) is 3.62. The van der Waals surface area contributed by atoms with E-state index in [2.05, 4.69) is 34.9 Å². The van der Waals surface area contributed by atoms with E-state index in [0.717, 1.165) is 18.4 Å². The minimum Gasteiger partial charge on any atom is -0.382 e. The SMILES string of the molecule is COCCOCOC1C(CCc2ccccc2)NC(=O)NC1Cc1ccccc1. The Morgan fingerprint density at radius 1 is 0.862 bits per heavy atom. The third-order valence-electron chi connectivity index (χ3n) is 5.09. The fourth-order valence-electron chi connectivity index (χ4n) is 3.62. The number of urea groups is 1. The van der Waals surface area contributed by atoms with E-state index in [9.17, 15) is 4.79 Å². The van der Waals surface area contributed by atoms with E-state index in [1.165, 1.54) is 5.56 Å². The summed E-state index contributed by atoms with van der Waals surface area (Å²) in [5.74, 6) is 0. The van der Waals surface area contributed by atoms with Crippen LogP contribution < -0.4 is 10.6 Å². The molecule has 1 heterocycles. The molecule has 1 saturated heterocycles. The minimum absolute atomic E-state index is 0.0938. The van der Waals surface area contributed by atoms with Gasteiger partial charge in [0.2, 0.25) is 0 Å². The van der Waals surface area contributed by atoms with Gasteiger partial charge in [-0.3, -0.25) is 0 Å². The predicted octanol–water partition coefficient (Wildman–Crippen LogP) is 2.92. The van der Waals surface area contributed by atoms with Crippen molar-refractivity contribution in [2.75, 3.05) is 27.1 Å². The molecule has 0 bridgehead atoms. The van der Waals surface area contributed by atoms with Crippen molar-refractivity contribution in [2.45, 2.75) is 37.5 Å². The Labute approximate surface area is 172 Å².